The third-order valence-corrected chi connectivity index (χ3v) is 4.45. The van der Waals surface area contributed by atoms with Crippen LogP contribution < -0.4 is 5.32 Å². The van der Waals surface area contributed by atoms with Gasteiger partial charge < -0.3 is 5.32 Å². The van der Waals surface area contributed by atoms with Crippen LogP contribution >= 0.6 is 0 Å². The Labute approximate surface area is 169 Å². The minimum Gasteiger partial charge on any atom is -0.320 e. The maximum Gasteiger partial charge on any atom is 0.248 e. The van der Waals surface area contributed by atoms with Gasteiger partial charge in [-0.15, -0.1) is 0 Å². The summed E-state index contributed by atoms with van der Waals surface area (Å²) in [6.07, 6.45) is 8.67. The summed E-state index contributed by atoms with van der Waals surface area (Å²) in [7, 11) is 0. The minimum atomic E-state index is -0.216. The van der Waals surface area contributed by atoms with Gasteiger partial charge in [0.05, 0.1) is 23.3 Å². The average molecular weight is 383 g/mol. The summed E-state index contributed by atoms with van der Waals surface area (Å²) in [6.45, 7) is 2.75. The predicted molar refractivity (Wildman–Crippen MR) is 115 cm³/mol. The predicted octanol–water partition coefficient (Wildman–Crippen LogP) is 4.41. The van der Waals surface area contributed by atoms with Crippen LogP contribution in [0.2, 0.25) is 0 Å². The number of carbonyl (C=O) groups excluding carboxylic acids is 1. The first kappa shape index (κ1) is 18.4. The second kappa shape index (κ2) is 8.39. The molecule has 0 atom stereocenters. The Bertz CT molecular complexity index is 1130. The number of nitrogens with one attached hydrogen (secondary N) is 1. The van der Waals surface area contributed by atoms with Crippen molar-refractivity contribution < 1.29 is 4.79 Å². The molecule has 2 aromatic carbocycles. The van der Waals surface area contributed by atoms with Crippen molar-refractivity contribution in [3.05, 3.63) is 90.9 Å². The molecule has 0 saturated heterocycles. The summed E-state index contributed by atoms with van der Waals surface area (Å²) in [4.78, 5) is 12.3. The maximum absolute atomic E-state index is 12.3. The largest absolute Gasteiger partial charge is 0.320 e. The van der Waals surface area contributed by atoms with E-state index in [1.807, 2.05) is 78.5 Å². The molecule has 0 aliphatic carbocycles. The van der Waals surface area contributed by atoms with Crippen molar-refractivity contribution in [3.63, 3.8) is 0 Å². The fourth-order valence-electron chi connectivity index (χ4n) is 2.99. The topological polar surface area (TPSA) is 64.7 Å². The Morgan fingerprint density at radius 1 is 1.03 bits per heavy atom. The van der Waals surface area contributed by atoms with Gasteiger partial charge in [0.2, 0.25) is 5.91 Å². The number of nitrogens with zero attached hydrogens (tertiary/aromatic N) is 4. The zero-order chi connectivity index (χ0) is 20.1. The number of rotatable bonds is 6. The summed E-state index contributed by atoms with van der Waals surface area (Å²) in [5, 5.41) is 11.7. The molecule has 0 aliphatic rings. The lowest BCUT2D eigenvalue weighted by Gasteiger charge is -2.00. The van der Waals surface area contributed by atoms with Crippen LogP contribution in [0.3, 0.4) is 0 Å². The molecule has 4 aromatic rings. The number of carbonyl (C=O) groups is 1. The molecular formula is C23H21N5O. The number of aryl methyl sites for hydroxylation is 1. The van der Waals surface area contributed by atoms with E-state index in [1.54, 1.807) is 23.2 Å². The number of aromatic nitrogens is 4. The zero-order valence-electron chi connectivity index (χ0n) is 16.1. The van der Waals surface area contributed by atoms with Gasteiger partial charge in [0.25, 0.3) is 0 Å². The van der Waals surface area contributed by atoms with Crippen molar-refractivity contribution >= 4 is 17.7 Å². The van der Waals surface area contributed by atoms with Gasteiger partial charge in [0.15, 0.2) is 0 Å². The van der Waals surface area contributed by atoms with Gasteiger partial charge in [0.1, 0.15) is 0 Å². The molecule has 2 aromatic heterocycles. The highest BCUT2D eigenvalue weighted by Crippen LogP contribution is 2.24. The Morgan fingerprint density at radius 2 is 1.76 bits per heavy atom. The molecular weight excluding hydrogens is 362 g/mol. The maximum atomic E-state index is 12.3. The summed E-state index contributed by atoms with van der Waals surface area (Å²) in [5.41, 5.74) is 4.30. The molecule has 144 valence electrons. The fourth-order valence-corrected chi connectivity index (χ4v) is 2.99. The Balaban J connectivity index is 1.62. The number of anilines is 1. The summed E-state index contributed by atoms with van der Waals surface area (Å²) >= 11 is 0. The smallest absolute Gasteiger partial charge is 0.248 e. The van der Waals surface area contributed by atoms with Crippen molar-refractivity contribution in [3.8, 4) is 16.9 Å². The lowest BCUT2D eigenvalue weighted by Crippen LogP contribution is -2.07. The van der Waals surface area contributed by atoms with E-state index >= 15 is 0 Å². The highest BCUT2D eigenvalue weighted by atomic mass is 16.1. The van der Waals surface area contributed by atoms with Crippen LogP contribution in [0.25, 0.3) is 23.0 Å². The van der Waals surface area contributed by atoms with E-state index in [0.29, 0.717) is 5.69 Å². The van der Waals surface area contributed by atoms with Crippen molar-refractivity contribution in [2.24, 2.45) is 0 Å². The molecule has 1 N–H and O–H groups in total. The molecule has 0 aliphatic heterocycles. The van der Waals surface area contributed by atoms with Crippen LogP contribution in [0.4, 0.5) is 5.69 Å². The number of para-hydroxylation sites is 1. The number of hydrogen-bond acceptors (Lipinski definition) is 3. The molecule has 0 saturated carbocycles. The number of hydrogen-bond donors (Lipinski definition) is 1. The molecule has 29 heavy (non-hydrogen) atoms. The van der Waals surface area contributed by atoms with E-state index < -0.39 is 0 Å². The van der Waals surface area contributed by atoms with Gasteiger partial charge in [-0.1, -0.05) is 48.5 Å². The standard InChI is InChI=1S/C23H21N5O/c1-2-27-17-20(15-24-27)25-22(29)14-13-19-16-28(21-11-7-4-8-12-21)26-23(19)18-9-5-3-6-10-18/h3-17H,2H2,1H3,(H,25,29)/b14-13+. The van der Waals surface area contributed by atoms with Gasteiger partial charge in [0, 0.05) is 36.1 Å². The highest BCUT2D eigenvalue weighted by molar-refractivity contribution is 6.02. The quantitative estimate of drug-likeness (QED) is 0.502. The second-order valence-corrected chi connectivity index (χ2v) is 6.49. The molecule has 0 spiro atoms. The van der Waals surface area contributed by atoms with Gasteiger partial charge in [-0.05, 0) is 25.1 Å². The first-order valence-corrected chi connectivity index (χ1v) is 9.45. The van der Waals surface area contributed by atoms with Crippen molar-refractivity contribution in [1.82, 2.24) is 19.6 Å². The summed E-state index contributed by atoms with van der Waals surface area (Å²) in [5.74, 6) is -0.216. The summed E-state index contributed by atoms with van der Waals surface area (Å²) in [6, 6.07) is 19.8. The van der Waals surface area contributed by atoms with Crippen molar-refractivity contribution in [2.45, 2.75) is 13.5 Å². The van der Waals surface area contributed by atoms with Crippen LogP contribution in [0, 0.1) is 0 Å². The SMILES string of the molecule is CCn1cc(NC(=O)/C=C/c2cn(-c3ccccc3)nc2-c2ccccc2)cn1. The van der Waals surface area contributed by atoms with Gasteiger partial charge in [-0.2, -0.15) is 10.2 Å². The van der Waals surface area contributed by atoms with Crippen LogP contribution in [-0.4, -0.2) is 25.5 Å². The average Bonchev–Trinajstić information content (AvgIpc) is 3.40. The van der Waals surface area contributed by atoms with Crippen LogP contribution in [0.1, 0.15) is 12.5 Å². The van der Waals surface area contributed by atoms with E-state index in [0.717, 1.165) is 29.1 Å². The molecule has 0 unspecified atom stereocenters. The lowest BCUT2D eigenvalue weighted by atomic mass is 10.1. The number of amides is 1. The lowest BCUT2D eigenvalue weighted by molar-refractivity contribution is -0.111. The second-order valence-electron chi connectivity index (χ2n) is 6.49. The van der Waals surface area contributed by atoms with E-state index in [1.165, 1.54) is 6.08 Å². The Hall–Kier alpha value is -3.93. The van der Waals surface area contributed by atoms with E-state index in [4.69, 9.17) is 5.10 Å². The first-order chi connectivity index (χ1) is 14.2. The highest BCUT2D eigenvalue weighted by Gasteiger charge is 2.11. The third-order valence-electron chi connectivity index (χ3n) is 4.45. The van der Waals surface area contributed by atoms with Crippen molar-refractivity contribution in [1.29, 1.82) is 0 Å². The van der Waals surface area contributed by atoms with E-state index in [2.05, 4.69) is 10.4 Å². The molecule has 2 heterocycles. The Kier molecular flexibility index (Phi) is 5.33. The molecule has 0 radical (unpaired) electrons. The first-order valence-electron chi connectivity index (χ1n) is 9.45. The monoisotopic (exact) mass is 383 g/mol. The van der Waals surface area contributed by atoms with Crippen LogP contribution in [-0.2, 0) is 11.3 Å². The molecule has 6 heteroatoms. The van der Waals surface area contributed by atoms with E-state index in [9.17, 15) is 4.79 Å². The zero-order valence-corrected chi connectivity index (χ0v) is 16.1. The molecule has 4 rings (SSSR count). The number of benzene rings is 2. The molecule has 0 bridgehead atoms. The fraction of sp³-hybridized carbons (Fsp3) is 0.0870. The summed E-state index contributed by atoms with van der Waals surface area (Å²) < 4.78 is 3.59. The normalized spacial score (nSPS) is 11.1. The van der Waals surface area contributed by atoms with Gasteiger partial charge in [-0.3, -0.25) is 9.48 Å². The van der Waals surface area contributed by atoms with Gasteiger partial charge >= 0.3 is 0 Å². The van der Waals surface area contributed by atoms with Crippen molar-refractivity contribution in [2.75, 3.05) is 5.32 Å². The molecule has 1 amide bonds. The van der Waals surface area contributed by atoms with Crippen LogP contribution in [0.5, 0.6) is 0 Å². The van der Waals surface area contributed by atoms with Gasteiger partial charge in [-0.25, -0.2) is 4.68 Å². The Morgan fingerprint density at radius 3 is 2.45 bits per heavy atom. The van der Waals surface area contributed by atoms with Crippen LogP contribution in [0.15, 0.2) is 85.3 Å². The molecule has 6 nitrogen and oxygen atoms in total. The van der Waals surface area contributed by atoms with E-state index in [-0.39, 0.29) is 5.91 Å². The minimum absolute atomic E-state index is 0.216. The molecule has 0 fully saturated rings. The third kappa shape index (κ3) is 4.32.